The first kappa shape index (κ1) is 20.8. The molecule has 0 atom stereocenters. The molecule has 8 heteroatoms. The normalized spacial score (nSPS) is 14.8. The highest BCUT2D eigenvalue weighted by Crippen LogP contribution is 2.26. The third-order valence-corrected chi connectivity index (χ3v) is 5.08. The van der Waals surface area contributed by atoms with Crippen molar-refractivity contribution in [1.29, 1.82) is 0 Å². The Balaban J connectivity index is 0.00000117. The summed E-state index contributed by atoms with van der Waals surface area (Å²) in [6, 6.07) is 4.89. The van der Waals surface area contributed by atoms with Gasteiger partial charge >= 0.3 is 0 Å². The molecular formula is C18H28FN5OS. The molecule has 1 aromatic heterocycles. The van der Waals surface area contributed by atoms with Crippen LogP contribution in [0, 0.1) is 11.7 Å². The van der Waals surface area contributed by atoms with Crippen LogP contribution in [0.4, 0.5) is 4.39 Å². The van der Waals surface area contributed by atoms with Crippen LogP contribution in [0.25, 0.3) is 11.4 Å². The van der Waals surface area contributed by atoms with Gasteiger partial charge in [-0.15, -0.1) is 10.2 Å². The minimum absolute atomic E-state index is 0.0146. The Morgan fingerprint density at radius 3 is 2.73 bits per heavy atom. The lowest BCUT2D eigenvalue weighted by Crippen LogP contribution is -2.16. The Hall–Kier alpha value is -1.51. The van der Waals surface area contributed by atoms with Crippen LogP contribution in [-0.2, 0) is 6.54 Å². The van der Waals surface area contributed by atoms with Crippen LogP contribution < -0.4 is 4.72 Å². The summed E-state index contributed by atoms with van der Waals surface area (Å²) in [4.78, 5) is 2.11. The fourth-order valence-corrected chi connectivity index (χ4v) is 3.58. The van der Waals surface area contributed by atoms with Crippen LogP contribution in [0.5, 0.6) is 0 Å². The highest BCUT2D eigenvalue weighted by molar-refractivity contribution is 7.97. The van der Waals surface area contributed by atoms with E-state index < -0.39 is 0 Å². The number of aliphatic hydroxyl groups excluding tert-OH is 1. The van der Waals surface area contributed by atoms with Gasteiger partial charge in [-0.2, -0.15) is 4.80 Å². The second-order valence-corrected chi connectivity index (χ2v) is 6.97. The molecular weight excluding hydrogens is 353 g/mol. The Kier molecular flexibility index (Phi) is 9.00. The largest absolute Gasteiger partial charge is 0.395 e. The molecule has 144 valence electrons. The summed E-state index contributed by atoms with van der Waals surface area (Å²) in [5, 5.41) is 21.3. The van der Waals surface area contributed by atoms with Crippen molar-refractivity contribution >= 4 is 11.9 Å². The van der Waals surface area contributed by atoms with E-state index in [-0.39, 0.29) is 12.4 Å². The minimum atomic E-state index is -0.341. The first-order valence-electron chi connectivity index (χ1n) is 9.34. The smallest absolute Gasteiger partial charge is 0.205 e. The molecule has 6 nitrogen and oxygen atoms in total. The summed E-state index contributed by atoms with van der Waals surface area (Å²) >= 11 is 1.16. The van der Waals surface area contributed by atoms with Gasteiger partial charge in [0.2, 0.25) is 5.82 Å². The van der Waals surface area contributed by atoms with Gasteiger partial charge in [-0.05, 0) is 54.1 Å². The van der Waals surface area contributed by atoms with Crippen molar-refractivity contribution in [1.82, 2.24) is 24.9 Å². The van der Waals surface area contributed by atoms with Crippen LogP contribution in [-0.4, -0.2) is 38.5 Å². The summed E-state index contributed by atoms with van der Waals surface area (Å²) in [5.74, 6) is 0.727. The summed E-state index contributed by atoms with van der Waals surface area (Å²) in [7, 11) is 0. The lowest BCUT2D eigenvalue weighted by atomic mass is 9.89. The number of hydrogen-bond acceptors (Lipinski definition) is 6. The maximum atomic E-state index is 14.1. The van der Waals surface area contributed by atoms with E-state index in [0.29, 0.717) is 28.7 Å². The number of aromatic nitrogens is 4. The number of tetrazole rings is 1. The van der Waals surface area contributed by atoms with Crippen molar-refractivity contribution in [2.24, 2.45) is 5.92 Å². The van der Waals surface area contributed by atoms with Crippen LogP contribution in [0.3, 0.4) is 0 Å². The van der Waals surface area contributed by atoms with Crippen molar-refractivity contribution in [3.05, 3.63) is 24.0 Å². The second-order valence-electron chi connectivity index (χ2n) is 6.04. The SMILES string of the molecule is CC.OCCNSc1ccc(-c2nnn(CC3CCCCC3)n2)cc1F. The van der Waals surface area contributed by atoms with E-state index in [1.807, 2.05) is 13.8 Å². The van der Waals surface area contributed by atoms with Gasteiger partial charge in [0.05, 0.1) is 18.0 Å². The molecule has 1 heterocycles. The van der Waals surface area contributed by atoms with Crippen LogP contribution in [0.15, 0.2) is 23.1 Å². The monoisotopic (exact) mass is 381 g/mol. The van der Waals surface area contributed by atoms with E-state index >= 15 is 0 Å². The third kappa shape index (κ3) is 6.03. The molecule has 0 saturated heterocycles. The predicted octanol–water partition coefficient (Wildman–Crippen LogP) is 3.67. The van der Waals surface area contributed by atoms with Crippen LogP contribution >= 0.6 is 11.9 Å². The molecule has 2 N–H and O–H groups in total. The molecule has 0 bridgehead atoms. The summed E-state index contributed by atoms with van der Waals surface area (Å²) < 4.78 is 17.0. The molecule has 0 spiro atoms. The quantitative estimate of drug-likeness (QED) is 0.563. The Morgan fingerprint density at radius 1 is 1.27 bits per heavy atom. The summed E-state index contributed by atoms with van der Waals surface area (Å²) in [5.41, 5.74) is 0.619. The number of benzene rings is 1. The number of aliphatic hydroxyl groups is 1. The minimum Gasteiger partial charge on any atom is -0.395 e. The third-order valence-electron chi connectivity index (χ3n) is 4.19. The zero-order valence-electron chi connectivity index (χ0n) is 15.5. The summed E-state index contributed by atoms with van der Waals surface area (Å²) in [6.45, 7) is 5.21. The fraction of sp³-hybridized carbons (Fsp3) is 0.611. The zero-order valence-corrected chi connectivity index (χ0v) is 16.3. The lowest BCUT2D eigenvalue weighted by molar-refractivity contribution is 0.291. The Morgan fingerprint density at radius 2 is 2.04 bits per heavy atom. The lowest BCUT2D eigenvalue weighted by Gasteiger charge is -2.20. The van der Waals surface area contributed by atoms with Gasteiger partial charge in [0.25, 0.3) is 0 Å². The van der Waals surface area contributed by atoms with Gasteiger partial charge in [0.1, 0.15) is 5.82 Å². The Labute approximate surface area is 158 Å². The first-order chi connectivity index (χ1) is 12.8. The summed E-state index contributed by atoms with van der Waals surface area (Å²) in [6.07, 6.45) is 6.32. The molecule has 0 amide bonds. The van der Waals surface area contributed by atoms with Crippen molar-refractivity contribution in [3.63, 3.8) is 0 Å². The molecule has 1 aromatic carbocycles. The van der Waals surface area contributed by atoms with Crippen molar-refractivity contribution < 1.29 is 9.50 Å². The van der Waals surface area contributed by atoms with Crippen molar-refractivity contribution in [2.45, 2.75) is 57.4 Å². The van der Waals surface area contributed by atoms with E-state index in [1.54, 1.807) is 16.9 Å². The fourth-order valence-electron chi connectivity index (χ4n) is 2.93. The van der Waals surface area contributed by atoms with Crippen LogP contribution in [0.1, 0.15) is 46.0 Å². The van der Waals surface area contributed by atoms with Gasteiger partial charge in [-0.3, -0.25) is 4.72 Å². The van der Waals surface area contributed by atoms with E-state index in [1.165, 1.54) is 38.2 Å². The maximum absolute atomic E-state index is 14.1. The number of nitrogens with zero attached hydrogens (tertiary/aromatic N) is 4. The highest BCUT2D eigenvalue weighted by atomic mass is 32.2. The Bertz CT molecular complexity index is 661. The molecule has 1 aliphatic carbocycles. The molecule has 0 unspecified atom stereocenters. The molecule has 0 aliphatic heterocycles. The standard InChI is InChI=1S/C16H22FN5OS.C2H6/c17-14-10-13(6-7-15(14)24-18-8-9-23)16-19-21-22(20-16)11-12-4-2-1-3-5-12;1-2/h6-7,10,12,18,23H,1-5,8-9,11H2;1-2H3. The average Bonchev–Trinajstić information content (AvgIpc) is 3.14. The molecule has 1 saturated carbocycles. The topological polar surface area (TPSA) is 75.9 Å². The van der Waals surface area contributed by atoms with E-state index in [9.17, 15) is 4.39 Å². The van der Waals surface area contributed by atoms with Crippen molar-refractivity contribution in [2.75, 3.05) is 13.2 Å². The van der Waals surface area contributed by atoms with Gasteiger partial charge in [-0.25, -0.2) is 4.39 Å². The van der Waals surface area contributed by atoms with E-state index in [2.05, 4.69) is 20.1 Å². The molecule has 26 heavy (non-hydrogen) atoms. The van der Waals surface area contributed by atoms with Crippen molar-refractivity contribution in [3.8, 4) is 11.4 Å². The molecule has 1 fully saturated rings. The van der Waals surface area contributed by atoms with Gasteiger partial charge in [-0.1, -0.05) is 33.1 Å². The van der Waals surface area contributed by atoms with E-state index in [0.717, 1.165) is 18.5 Å². The average molecular weight is 382 g/mol. The zero-order chi connectivity index (χ0) is 18.8. The van der Waals surface area contributed by atoms with Gasteiger partial charge in [0, 0.05) is 12.1 Å². The molecule has 2 aromatic rings. The number of rotatable bonds is 7. The number of nitrogens with one attached hydrogen (secondary N) is 1. The molecule has 0 radical (unpaired) electrons. The van der Waals surface area contributed by atoms with Gasteiger partial charge < -0.3 is 5.11 Å². The predicted molar refractivity (Wildman–Crippen MR) is 102 cm³/mol. The van der Waals surface area contributed by atoms with Gasteiger partial charge in [0.15, 0.2) is 0 Å². The van der Waals surface area contributed by atoms with Crippen LogP contribution in [0.2, 0.25) is 0 Å². The van der Waals surface area contributed by atoms with E-state index in [4.69, 9.17) is 5.11 Å². The first-order valence-corrected chi connectivity index (χ1v) is 10.2. The second kappa shape index (κ2) is 11.3. The highest BCUT2D eigenvalue weighted by Gasteiger charge is 2.16. The molecule has 3 rings (SSSR count). The maximum Gasteiger partial charge on any atom is 0.205 e. The molecule has 1 aliphatic rings. The number of hydrogen-bond donors (Lipinski definition) is 2. The number of halogens is 1.